The molecular weight excluding hydrogens is 351 g/mol. The molecule has 2 rings (SSSR count). The maximum atomic E-state index is 12.8. The van der Waals surface area contributed by atoms with Crippen LogP contribution in [0.15, 0.2) is 4.47 Å². The number of rotatable bonds is 2. The molecule has 4 nitrogen and oxygen atoms in total. The summed E-state index contributed by atoms with van der Waals surface area (Å²) < 4.78 is 39.4. The van der Waals surface area contributed by atoms with Gasteiger partial charge in [-0.05, 0) is 49.0 Å². The lowest BCUT2D eigenvalue weighted by Crippen LogP contribution is -2.43. The minimum absolute atomic E-state index is 0.102. The number of carbonyl (C=O) groups is 1. The summed E-state index contributed by atoms with van der Waals surface area (Å²) in [7, 11) is 0. The predicted octanol–water partition coefficient (Wildman–Crippen LogP) is 3.37. The molecule has 0 N–H and O–H groups in total. The molecule has 21 heavy (non-hydrogen) atoms. The Morgan fingerprint density at radius 3 is 2.62 bits per heavy atom. The summed E-state index contributed by atoms with van der Waals surface area (Å²) in [5.41, 5.74) is -0.681. The lowest BCUT2D eigenvalue weighted by Gasteiger charge is -2.33. The smallest absolute Gasteiger partial charge is 0.338 e. The SMILES string of the molecule is Cc1c(Br)c(C(F)(F)F)nn1CC(=O)N1CCCCC1C. The molecule has 1 saturated heterocycles. The number of alkyl halides is 3. The molecule has 1 aromatic rings. The molecule has 1 aliphatic heterocycles. The van der Waals surface area contributed by atoms with E-state index >= 15 is 0 Å². The third kappa shape index (κ3) is 3.41. The van der Waals surface area contributed by atoms with E-state index in [1.807, 2.05) is 6.92 Å². The molecule has 1 atom stereocenters. The molecule has 8 heteroatoms. The molecule has 0 spiro atoms. The highest BCUT2D eigenvalue weighted by molar-refractivity contribution is 9.10. The van der Waals surface area contributed by atoms with Crippen molar-refractivity contribution in [1.29, 1.82) is 0 Å². The summed E-state index contributed by atoms with van der Waals surface area (Å²) in [4.78, 5) is 14.0. The molecule has 1 amide bonds. The first-order valence-corrected chi connectivity index (χ1v) is 7.60. The van der Waals surface area contributed by atoms with Crippen molar-refractivity contribution in [3.63, 3.8) is 0 Å². The minimum atomic E-state index is -4.53. The largest absolute Gasteiger partial charge is 0.436 e. The van der Waals surface area contributed by atoms with E-state index < -0.39 is 11.9 Å². The normalized spacial score (nSPS) is 19.9. The van der Waals surface area contributed by atoms with Crippen molar-refractivity contribution in [3.8, 4) is 0 Å². The minimum Gasteiger partial charge on any atom is -0.338 e. The van der Waals surface area contributed by atoms with Crippen LogP contribution in [0.1, 0.15) is 37.6 Å². The summed E-state index contributed by atoms with van der Waals surface area (Å²) in [6.07, 6.45) is -1.58. The number of nitrogens with zero attached hydrogens (tertiary/aromatic N) is 3. The number of carbonyl (C=O) groups excluding carboxylic acids is 1. The van der Waals surface area contributed by atoms with Gasteiger partial charge in [-0.2, -0.15) is 18.3 Å². The Bertz CT molecular complexity index is 541. The second-order valence-electron chi connectivity index (χ2n) is 5.34. The van der Waals surface area contributed by atoms with Crippen molar-refractivity contribution in [2.75, 3.05) is 6.54 Å². The first-order valence-electron chi connectivity index (χ1n) is 6.81. The van der Waals surface area contributed by atoms with Crippen molar-refractivity contribution in [3.05, 3.63) is 15.9 Å². The fraction of sp³-hybridized carbons (Fsp3) is 0.692. The Morgan fingerprint density at radius 2 is 2.10 bits per heavy atom. The van der Waals surface area contributed by atoms with Crippen LogP contribution in [0.5, 0.6) is 0 Å². The number of halogens is 4. The highest BCUT2D eigenvalue weighted by atomic mass is 79.9. The average Bonchev–Trinajstić information content (AvgIpc) is 2.67. The lowest BCUT2D eigenvalue weighted by atomic mass is 10.0. The van der Waals surface area contributed by atoms with Gasteiger partial charge < -0.3 is 4.90 Å². The van der Waals surface area contributed by atoms with Gasteiger partial charge >= 0.3 is 6.18 Å². The van der Waals surface area contributed by atoms with Crippen molar-refractivity contribution in [1.82, 2.24) is 14.7 Å². The van der Waals surface area contributed by atoms with Gasteiger partial charge in [0.2, 0.25) is 5.91 Å². The van der Waals surface area contributed by atoms with Crippen molar-refractivity contribution in [2.45, 2.75) is 51.9 Å². The van der Waals surface area contributed by atoms with Crippen LogP contribution >= 0.6 is 15.9 Å². The van der Waals surface area contributed by atoms with Gasteiger partial charge in [0.05, 0.1) is 10.2 Å². The third-order valence-corrected chi connectivity index (χ3v) is 4.76. The van der Waals surface area contributed by atoms with Gasteiger partial charge in [0.25, 0.3) is 0 Å². The molecule has 1 fully saturated rings. The molecule has 1 aliphatic rings. The number of likely N-dealkylation sites (tertiary alicyclic amines) is 1. The monoisotopic (exact) mass is 367 g/mol. The van der Waals surface area contributed by atoms with Crippen molar-refractivity contribution in [2.24, 2.45) is 0 Å². The molecule has 0 bridgehead atoms. The number of amides is 1. The fourth-order valence-corrected chi connectivity index (χ4v) is 3.06. The molecule has 0 aliphatic carbocycles. The summed E-state index contributed by atoms with van der Waals surface area (Å²) >= 11 is 2.91. The van der Waals surface area contributed by atoms with E-state index in [1.54, 1.807) is 4.90 Å². The first-order chi connectivity index (χ1) is 9.71. The van der Waals surface area contributed by atoms with Crippen LogP contribution in [0.25, 0.3) is 0 Å². The molecule has 1 aromatic heterocycles. The number of hydrogen-bond donors (Lipinski definition) is 0. The Balaban J connectivity index is 2.18. The second-order valence-corrected chi connectivity index (χ2v) is 6.13. The van der Waals surface area contributed by atoms with Gasteiger partial charge in [-0.3, -0.25) is 9.48 Å². The fourth-order valence-electron chi connectivity index (χ4n) is 2.55. The molecule has 0 aromatic carbocycles. The molecule has 2 heterocycles. The maximum Gasteiger partial charge on any atom is 0.436 e. The molecule has 0 saturated carbocycles. The highest BCUT2D eigenvalue weighted by Gasteiger charge is 2.38. The van der Waals surface area contributed by atoms with E-state index in [9.17, 15) is 18.0 Å². The topological polar surface area (TPSA) is 38.1 Å². The van der Waals surface area contributed by atoms with Crippen LogP contribution < -0.4 is 0 Å². The van der Waals surface area contributed by atoms with Crippen LogP contribution in [0, 0.1) is 6.92 Å². The lowest BCUT2D eigenvalue weighted by molar-refractivity contribution is -0.143. The van der Waals surface area contributed by atoms with Crippen LogP contribution in [0.4, 0.5) is 13.2 Å². The molecule has 0 radical (unpaired) electrons. The quantitative estimate of drug-likeness (QED) is 0.803. The van der Waals surface area contributed by atoms with E-state index in [-0.39, 0.29) is 23.0 Å². The van der Waals surface area contributed by atoms with Crippen LogP contribution in [0.3, 0.4) is 0 Å². The van der Waals surface area contributed by atoms with Crippen LogP contribution in [-0.4, -0.2) is 33.2 Å². The average molecular weight is 368 g/mol. The summed E-state index contributed by atoms with van der Waals surface area (Å²) in [5, 5.41) is 3.54. The van der Waals surface area contributed by atoms with Gasteiger partial charge in [0.15, 0.2) is 5.69 Å². The van der Waals surface area contributed by atoms with Crippen LogP contribution in [-0.2, 0) is 17.5 Å². The zero-order valence-corrected chi connectivity index (χ0v) is 13.5. The van der Waals surface area contributed by atoms with E-state index in [2.05, 4.69) is 21.0 Å². The molecule has 118 valence electrons. The predicted molar refractivity (Wildman–Crippen MR) is 74.7 cm³/mol. The number of hydrogen-bond acceptors (Lipinski definition) is 2. The van der Waals surface area contributed by atoms with Gasteiger partial charge in [-0.25, -0.2) is 0 Å². The number of aromatic nitrogens is 2. The van der Waals surface area contributed by atoms with Gasteiger partial charge in [-0.15, -0.1) is 0 Å². The van der Waals surface area contributed by atoms with Crippen molar-refractivity contribution < 1.29 is 18.0 Å². The highest BCUT2D eigenvalue weighted by Crippen LogP contribution is 2.35. The zero-order chi connectivity index (χ0) is 15.8. The first kappa shape index (κ1) is 16.3. The zero-order valence-electron chi connectivity index (χ0n) is 11.9. The van der Waals surface area contributed by atoms with Gasteiger partial charge in [-0.1, -0.05) is 0 Å². The Kier molecular flexibility index (Phi) is 4.65. The summed E-state index contributed by atoms with van der Waals surface area (Å²) in [6.45, 7) is 3.97. The van der Waals surface area contributed by atoms with Crippen molar-refractivity contribution >= 4 is 21.8 Å². The van der Waals surface area contributed by atoms with E-state index in [0.717, 1.165) is 23.9 Å². The van der Waals surface area contributed by atoms with E-state index in [4.69, 9.17) is 0 Å². The van der Waals surface area contributed by atoms with Gasteiger partial charge in [0, 0.05) is 12.6 Å². The summed E-state index contributed by atoms with van der Waals surface area (Å²) in [6, 6.07) is 0.132. The standard InChI is InChI=1S/C13H17BrF3N3O/c1-8-5-3-4-6-19(8)10(21)7-20-9(2)11(14)12(18-20)13(15,16)17/h8H,3-7H2,1-2H3. The number of piperidine rings is 1. The summed E-state index contributed by atoms with van der Waals surface area (Å²) in [5.74, 6) is -0.186. The Morgan fingerprint density at radius 1 is 1.43 bits per heavy atom. The Hall–Kier alpha value is -1.05. The maximum absolute atomic E-state index is 12.8. The third-order valence-electron chi connectivity index (χ3n) is 3.81. The van der Waals surface area contributed by atoms with E-state index in [0.29, 0.717) is 12.2 Å². The molecule has 1 unspecified atom stereocenters. The molecular formula is C13H17BrF3N3O. The Labute approximate surface area is 129 Å². The van der Waals surface area contributed by atoms with Gasteiger partial charge in [0.1, 0.15) is 6.54 Å². The van der Waals surface area contributed by atoms with Crippen LogP contribution in [0.2, 0.25) is 0 Å². The second kappa shape index (κ2) is 5.98. The van der Waals surface area contributed by atoms with E-state index in [1.165, 1.54) is 6.92 Å².